The molecule has 0 aliphatic carbocycles. The summed E-state index contributed by atoms with van der Waals surface area (Å²) in [6.07, 6.45) is 2.85. The fraction of sp³-hybridized carbons (Fsp3) is 0.0714. The van der Waals surface area contributed by atoms with Crippen molar-refractivity contribution >= 4 is 22.8 Å². The summed E-state index contributed by atoms with van der Waals surface area (Å²) >= 11 is 0. The Balaban J connectivity index is 2.41. The van der Waals surface area contributed by atoms with Gasteiger partial charge in [-0.3, -0.25) is 4.79 Å². The summed E-state index contributed by atoms with van der Waals surface area (Å²) in [7, 11) is 0. The molecule has 0 fully saturated rings. The van der Waals surface area contributed by atoms with Gasteiger partial charge in [-0.15, -0.1) is 0 Å². The molecule has 0 saturated carbocycles. The number of nitrogen functional groups attached to an aromatic ring is 2. The van der Waals surface area contributed by atoms with Crippen molar-refractivity contribution in [2.45, 2.75) is 6.92 Å². The second-order valence-electron chi connectivity index (χ2n) is 4.65. The van der Waals surface area contributed by atoms with Crippen molar-refractivity contribution in [2.24, 2.45) is 0 Å². The molecule has 0 unspecified atom stereocenters. The lowest BCUT2D eigenvalue weighted by Crippen LogP contribution is -1.99. The van der Waals surface area contributed by atoms with Crippen LogP contribution in [0.5, 0.6) is 0 Å². The van der Waals surface area contributed by atoms with Crippen molar-refractivity contribution in [3.05, 3.63) is 42.1 Å². The highest BCUT2D eigenvalue weighted by Crippen LogP contribution is 2.33. The van der Waals surface area contributed by atoms with Gasteiger partial charge in [-0.25, -0.2) is 13.9 Å². The molecular weight excluding hydrogens is 273 g/mol. The van der Waals surface area contributed by atoms with Gasteiger partial charge in [0.1, 0.15) is 17.7 Å². The third-order valence-corrected chi connectivity index (χ3v) is 3.27. The van der Waals surface area contributed by atoms with Gasteiger partial charge in [-0.2, -0.15) is 5.10 Å². The number of hydrogen-bond acceptors (Lipinski definition) is 5. The number of ketones is 1. The van der Waals surface area contributed by atoms with E-state index in [1.165, 1.54) is 29.9 Å². The van der Waals surface area contributed by atoms with Gasteiger partial charge in [-0.05, 0) is 24.6 Å². The van der Waals surface area contributed by atoms with Crippen molar-refractivity contribution in [1.82, 2.24) is 14.6 Å². The van der Waals surface area contributed by atoms with Crippen LogP contribution in [0.1, 0.15) is 17.3 Å². The number of aromatic nitrogens is 3. The summed E-state index contributed by atoms with van der Waals surface area (Å²) in [5.74, 6) is -0.520. The predicted octanol–water partition coefficient (Wildman–Crippen LogP) is 1.90. The molecule has 0 spiro atoms. The highest BCUT2D eigenvalue weighted by atomic mass is 19.1. The summed E-state index contributed by atoms with van der Waals surface area (Å²) in [6.45, 7) is 1.43. The average molecular weight is 285 g/mol. The van der Waals surface area contributed by atoms with E-state index in [-0.39, 0.29) is 17.3 Å². The molecule has 0 amide bonds. The molecule has 0 aliphatic rings. The van der Waals surface area contributed by atoms with Crippen LogP contribution in [0.15, 0.2) is 30.7 Å². The Morgan fingerprint density at radius 1 is 1.33 bits per heavy atom. The lowest BCUT2D eigenvalue weighted by Gasteiger charge is -2.06. The molecule has 0 radical (unpaired) electrons. The highest BCUT2D eigenvalue weighted by molar-refractivity contribution is 6.07. The number of fused-ring (bicyclic) bond motifs is 1. The smallest absolute Gasteiger partial charge is 0.162 e. The van der Waals surface area contributed by atoms with Gasteiger partial charge in [0.05, 0.1) is 5.69 Å². The van der Waals surface area contributed by atoms with E-state index in [9.17, 15) is 9.18 Å². The number of carbonyl (C=O) groups excluding carboxylic acids is 1. The van der Waals surface area contributed by atoms with E-state index in [2.05, 4.69) is 10.1 Å². The fourth-order valence-electron chi connectivity index (χ4n) is 2.28. The first-order valence-corrected chi connectivity index (χ1v) is 6.17. The fourth-order valence-corrected chi connectivity index (χ4v) is 2.28. The molecule has 3 rings (SSSR count). The first kappa shape index (κ1) is 13.0. The number of benzene rings is 1. The number of carbonyl (C=O) groups is 1. The molecule has 0 saturated heterocycles. The Morgan fingerprint density at radius 3 is 2.76 bits per heavy atom. The normalized spacial score (nSPS) is 11.0. The zero-order valence-electron chi connectivity index (χ0n) is 11.2. The van der Waals surface area contributed by atoms with Gasteiger partial charge in [0.25, 0.3) is 0 Å². The van der Waals surface area contributed by atoms with Gasteiger partial charge in [0, 0.05) is 17.3 Å². The molecule has 0 atom stereocenters. The maximum Gasteiger partial charge on any atom is 0.162 e. The largest absolute Gasteiger partial charge is 0.396 e. The number of nitrogens with two attached hydrogens (primary N) is 2. The summed E-state index contributed by atoms with van der Waals surface area (Å²) in [4.78, 5) is 15.8. The molecule has 0 bridgehead atoms. The van der Waals surface area contributed by atoms with Crippen LogP contribution in [0.25, 0.3) is 16.6 Å². The molecule has 2 aromatic heterocycles. The van der Waals surface area contributed by atoms with Crippen LogP contribution in [-0.4, -0.2) is 20.4 Å². The first-order valence-electron chi connectivity index (χ1n) is 6.17. The summed E-state index contributed by atoms with van der Waals surface area (Å²) in [6, 6.07) is 4.34. The van der Waals surface area contributed by atoms with Crippen LogP contribution in [0.4, 0.5) is 15.9 Å². The molecule has 106 valence electrons. The zero-order chi connectivity index (χ0) is 15.1. The number of halogens is 1. The number of hydrogen-bond donors (Lipinski definition) is 2. The predicted molar refractivity (Wildman–Crippen MR) is 77.2 cm³/mol. The zero-order valence-corrected chi connectivity index (χ0v) is 11.2. The van der Waals surface area contributed by atoms with E-state index in [0.717, 1.165) is 0 Å². The van der Waals surface area contributed by atoms with Crippen LogP contribution in [0.2, 0.25) is 0 Å². The number of anilines is 2. The first-order chi connectivity index (χ1) is 9.99. The van der Waals surface area contributed by atoms with Gasteiger partial charge in [-0.1, -0.05) is 6.07 Å². The molecule has 4 N–H and O–H groups in total. The third-order valence-electron chi connectivity index (χ3n) is 3.27. The topological polar surface area (TPSA) is 99.3 Å². The number of rotatable bonds is 2. The molecule has 7 heteroatoms. The third kappa shape index (κ3) is 1.99. The van der Waals surface area contributed by atoms with Crippen LogP contribution >= 0.6 is 0 Å². The molecule has 6 nitrogen and oxygen atoms in total. The molecule has 2 heterocycles. The van der Waals surface area contributed by atoms with Gasteiger partial charge < -0.3 is 11.5 Å². The van der Waals surface area contributed by atoms with Crippen LogP contribution < -0.4 is 11.5 Å². The standard InChI is InChI=1S/C14H12FN5O/c1-7(21)9-5-20-13(14(17)18-6-19-20)12(9)8-2-3-11(16)10(15)4-8/h2-6H,16H2,1H3,(H2,17,18,19). The van der Waals surface area contributed by atoms with Crippen molar-refractivity contribution in [2.75, 3.05) is 11.5 Å². The van der Waals surface area contributed by atoms with Crippen molar-refractivity contribution in [3.8, 4) is 11.1 Å². The maximum atomic E-state index is 13.7. The van der Waals surface area contributed by atoms with Crippen molar-refractivity contribution in [1.29, 1.82) is 0 Å². The number of Topliss-reactive ketones (excluding diaryl/α,β-unsaturated/α-hetero) is 1. The second kappa shape index (κ2) is 4.55. The molecule has 21 heavy (non-hydrogen) atoms. The lowest BCUT2D eigenvalue weighted by molar-refractivity contribution is 0.101. The van der Waals surface area contributed by atoms with Crippen LogP contribution in [0, 0.1) is 5.82 Å². The molecular formula is C14H12FN5O. The Kier molecular flexibility index (Phi) is 2.83. The Bertz CT molecular complexity index is 871. The minimum Gasteiger partial charge on any atom is -0.396 e. The number of nitrogens with zero attached hydrogens (tertiary/aromatic N) is 3. The molecule has 0 aliphatic heterocycles. The lowest BCUT2D eigenvalue weighted by atomic mass is 10.00. The summed E-state index contributed by atoms with van der Waals surface area (Å²) in [5, 5.41) is 4.03. The van der Waals surface area contributed by atoms with Crippen molar-refractivity contribution in [3.63, 3.8) is 0 Å². The van der Waals surface area contributed by atoms with E-state index in [1.807, 2.05) is 0 Å². The van der Waals surface area contributed by atoms with Crippen LogP contribution in [-0.2, 0) is 0 Å². The summed E-state index contributed by atoms with van der Waals surface area (Å²) in [5.41, 5.74) is 13.3. The molecule has 3 aromatic rings. The van der Waals surface area contributed by atoms with Gasteiger partial charge >= 0.3 is 0 Å². The summed E-state index contributed by atoms with van der Waals surface area (Å²) < 4.78 is 15.2. The van der Waals surface area contributed by atoms with Crippen LogP contribution in [0.3, 0.4) is 0 Å². The average Bonchev–Trinajstić information content (AvgIpc) is 2.83. The maximum absolute atomic E-state index is 13.7. The highest BCUT2D eigenvalue weighted by Gasteiger charge is 2.19. The Labute approximate surface area is 119 Å². The Hall–Kier alpha value is -2.96. The van der Waals surface area contributed by atoms with E-state index >= 15 is 0 Å². The van der Waals surface area contributed by atoms with E-state index in [1.54, 1.807) is 12.3 Å². The monoisotopic (exact) mass is 285 g/mol. The minimum atomic E-state index is -0.559. The SMILES string of the molecule is CC(=O)c1cn2ncnc(N)c2c1-c1ccc(N)c(F)c1. The van der Waals surface area contributed by atoms with E-state index < -0.39 is 5.82 Å². The van der Waals surface area contributed by atoms with E-state index in [4.69, 9.17) is 11.5 Å². The van der Waals surface area contributed by atoms with Gasteiger partial charge in [0.2, 0.25) is 0 Å². The Morgan fingerprint density at radius 2 is 2.10 bits per heavy atom. The minimum absolute atomic E-state index is 0.0378. The second-order valence-corrected chi connectivity index (χ2v) is 4.65. The quantitative estimate of drug-likeness (QED) is 0.553. The van der Waals surface area contributed by atoms with E-state index in [0.29, 0.717) is 22.2 Å². The van der Waals surface area contributed by atoms with Crippen molar-refractivity contribution < 1.29 is 9.18 Å². The molecule has 1 aromatic carbocycles. The van der Waals surface area contributed by atoms with Gasteiger partial charge in [0.15, 0.2) is 11.6 Å².